The van der Waals surface area contributed by atoms with Crippen molar-refractivity contribution in [1.82, 2.24) is 5.43 Å². The maximum atomic E-state index is 12.3. The molecule has 3 unspecified atom stereocenters. The van der Waals surface area contributed by atoms with Gasteiger partial charge in [-0.15, -0.1) is 0 Å². The number of nitrogens with one attached hydrogen (secondary N) is 1. The number of ether oxygens (including phenoxy) is 1. The molecule has 0 aromatic heterocycles. The summed E-state index contributed by atoms with van der Waals surface area (Å²) in [7, 11) is 1.49. The quantitative estimate of drug-likeness (QED) is 0.620. The Morgan fingerprint density at radius 1 is 1.52 bits per heavy atom. The lowest BCUT2D eigenvalue weighted by Gasteiger charge is -2.15. The molecule has 0 radical (unpaired) electrons. The fourth-order valence-corrected chi connectivity index (χ4v) is 4.37. The zero-order valence-corrected chi connectivity index (χ0v) is 14.9. The van der Waals surface area contributed by atoms with E-state index in [0.29, 0.717) is 16.1 Å². The number of nitrogens with zero attached hydrogens (tertiary/aromatic N) is 1. The van der Waals surface area contributed by atoms with Gasteiger partial charge in [0.15, 0.2) is 11.5 Å². The van der Waals surface area contributed by atoms with Gasteiger partial charge < -0.3 is 9.84 Å². The monoisotopic (exact) mass is 380 g/mol. The van der Waals surface area contributed by atoms with Crippen LogP contribution < -0.4 is 10.2 Å². The Balaban J connectivity index is 1.63. The summed E-state index contributed by atoms with van der Waals surface area (Å²) in [6, 6.07) is 3.37. The maximum Gasteiger partial charge on any atom is 0.244 e. The number of halogens is 1. The lowest BCUT2D eigenvalue weighted by atomic mass is 9.90. The number of benzene rings is 1. The van der Waals surface area contributed by atoms with Gasteiger partial charge in [0.1, 0.15) is 0 Å². The third-order valence-corrected chi connectivity index (χ3v) is 5.88. The van der Waals surface area contributed by atoms with Crippen molar-refractivity contribution in [1.29, 1.82) is 0 Å². The van der Waals surface area contributed by atoms with Crippen molar-refractivity contribution < 1.29 is 14.6 Å². The molecular weight excluding hydrogens is 360 g/mol. The summed E-state index contributed by atoms with van der Waals surface area (Å²) < 4.78 is 5.61. The van der Waals surface area contributed by atoms with E-state index in [0.717, 1.165) is 18.4 Å². The molecule has 2 fully saturated rings. The van der Waals surface area contributed by atoms with Crippen LogP contribution in [0.25, 0.3) is 0 Å². The molecule has 0 spiro atoms. The molecule has 1 aromatic rings. The second kappa shape index (κ2) is 6.15. The third-order valence-electron chi connectivity index (χ3n) is 5.27. The second-order valence-corrected chi connectivity index (χ2v) is 7.48. The number of rotatable bonds is 4. The zero-order chi connectivity index (χ0) is 16.6. The highest BCUT2D eigenvalue weighted by atomic mass is 79.9. The average Bonchev–Trinajstić information content (AvgIpc) is 3.16. The molecule has 3 rings (SSSR count). The van der Waals surface area contributed by atoms with Gasteiger partial charge in [-0.2, -0.15) is 5.10 Å². The Bertz CT molecular complexity index is 661. The van der Waals surface area contributed by atoms with Crippen molar-refractivity contribution in [2.75, 3.05) is 7.11 Å². The Labute approximate surface area is 144 Å². The van der Waals surface area contributed by atoms with Crippen molar-refractivity contribution in [3.05, 3.63) is 22.2 Å². The summed E-state index contributed by atoms with van der Waals surface area (Å²) in [6.07, 6.45) is 6.30. The van der Waals surface area contributed by atoms with Gasteiger partial charge in [0.25, 0.3) is 0 Å². The van der Waals surface area contributed by atoms with Crippen LogP contribution in [-0.2, 0) is 4.79 Å². The topological polar surface area (TPSA) is 70.9 Å². The smallest absolute Gasteiger partial charge is 0.244 e. The second-order valence-electron chi connectivity index (χ2n) is 6.62. The summed E-state index contributed by atoms with van der Waals surface area (Å²) in [4.78, 5) is 12.3. The van der Waals surface area contributed by atoms with Crippen LogP contribution >= 0.6 is 15.9 Å². The zero-order valence-electron chi connectivity index (χ0n) is 13.3. The molecule has 0 saturated heterocycles. The lowest BCUT2D eigenvalue weighted by Crippen LogP contribution is -2.22. The molecule has 3 atom stereocenters. The number of hydrogen-bond acceptors (Lipinski definition) is 4. The van der Waals surface area contributed by atoms with Crippen molar-refractivity contribution in [3.63, 3.8) is 0 Å². The molecule has 0 heterocycles. The van der Waals surface area contributed by atoms with E-state index in [1.54, 1.807) is 18.3 Å². The predicted octanol–water partition coefficient (Wildman–Crippen LogP) is 3.44. The lowest BCUT2D eigenvalue weighted by molar-refractivity contribution is -0.123. The van der Waals surface area contributed by atoms with Gasteiger partial charge in [-0.3, -0.25) is 4.79 Å². The summed E-state index contributed by atoms with van der Waals surface area (Å²) in [5.74, 6) is 1.04. The standard InChI is InChI=1S/C17H21BrN2O3/c1-17-6-4-3-5-11(17)14(17)16(22)20-19-9-10-7-12(18)15(21)13(8-10)23-2/h7-9,11,14,21H,3-6H2,1-2H3,(H,20,22)/b19-9+. The molecule has 6 heteroatoms. The number of methoxy groups -OCH3 is 1. The van der Waals surface area contributed by atoms with Gasteiger partial charge >= 0.3 is 0 Å². The number of phenols is 1. The first-order valence-electron chi connectivity index (χ1n) is 7.87. The molecule has 0 bridgehead atoms. The molecule has 5 nitrogen and oxygen atoms in total. The Kier molecular flexibility index (Phi) is 4.36. The molecule has 23 heavy (non-hydrogen) atoms. The number of carbonyl (C=O) groups excluding carboxylic acids is 1. The van der Waals surface area contributed by atoms with Crippen molar-refractivity contribution in [2.45, 2.75) is 32.6 Å². The minimum absolute atomic E-state index is 0.0143. The number of hydrazone groups is 1. The van der Waals surface area contributed by atoms with E-state index in [2.05, 4.69) is 33.4 Å². The predicted molar refractivity (Wildman–Crippen MR) is 91.7 cm³/mol. The van der Waals surface area contributed by atoms with Crippen LogP contribution in [0.5, 0.6) is 11.5 Å². The average molecular weight is 381 g/mol. The van der Waals surface area contributed by atoms with Gasteiger partial charge in [-0.1, -0.05) is 19.8 Å². The number of phenolic OH excluding ortho intramolecular Hbond substituents is 1. The summed E-state index contributed by atoms with van der Waals surface area (Å²) in [5.41, 5.74) is 3.57. The molecule has 1 amide bonds. The summed E-state index contributed by atoms with van der Waals surface area (Å²) in [5, 5.41) is 13.8. The van der Waals surface area contributed by atoms with E-state index >= 15 is 0 Å². The molecule has 2 N–H and O–H groups in total. The normalized spacial score (nSPS) is 29.2. The van der Waals surface area contributed by atoms with E-state index in [1.165, 1.54) is 20.0 Å². The highest BCUT2D eigenvalue weighted by Crippen LogP contribution is 2.66. The van der Waals surface area contributed by atoms with Crippen molar-refractivity contribution in [3.8, 4) is 11.5 Å². The fraction of sp³-hybridized carbons (Fsp3) is 0.529. The van der Waals surface area contributed by atoms with Gasteiger partial charge in [0.05, 0.1) is 17.8 Å². The van der Waals surface area contributed by atoms with Crippen LogP contribution in [0.15, 0.2) is 21.7 Å². The first kappa shape index (κ1) is 16.3. The molecule has 1 aromatic carbocycles. The van der Waals surface area contributed by atoms with Crippen molar-refractivity contribution >= 4 is 28.1 Å². The van der Waals surface area contributed by atoms with Crippen LogP contribution in [0.4, 0.5) is 0 Å². The minimum Gasteiger partial charge on any atom is -0.503 e. The van der Waals surface area contributed by atoms with E-state index in [-0.39, 0.29) is 23.0 Å². The van der Waals surface area contributed by atoms with Gasteiger partial charge in [0.2, 0.25) is 5.91 Å². The van der Waals surface area contributed by atoms with E-state index < -0.39 is 0 Å². The SMILES string of the molecule is COc1cc(/C=N/NC(=O)C2C3CCCCC32C)cc(Br)c1O. The summed E-state index contributed by atoms with van der Waals surface area (Å²) in [6.45, 7) is 2.22. The summed E-state index contributed by atoms with van der Waals surface area (Å²) >= 11 is 3.26. The maximum absolute atomic E-state index is 12.3. The van der Waals surface area contributed by atoms with E-state index in [9.17, 15) is 9.90 Å². The van der Waals surface area contributed by atoms with Crippen LogP contribution in [0.3, 0.4) is 0 Å². The van der Waals surface area contributed by atoms with Gasteiger partial charge in [-0.25, -0.2) is 5.43 Å². The number of carbonyl (C=O) groups is 1. The van der Waals surface area contributed by atoms with Crippen LogP contribution in [0.1, 0.15) is 38.2 Å². The molecular formula is C17H21BrN2O3. The van der Waals surface area contributed by atoms with Crippen molar-refractivity contribution in [2.24, 2.45) is 22.4 Å². The highest BCUT2D eigenvalue weighted by molar-refractivity contribution is 9.10. The molecule has 0 aliphatic heterocycles. The first-order chi connectivity index (χ1) is 11.0. The molecule has 2 aliphatic rings. The molecule has 124 valence electrons. The minimum atomic E-state index is 0.0143. The highest BCUT2D eigenvalue weighted by Gasteiger charge is 2.64. The third kappa shape index (κ3) is 2.96. The first-order valence-corrected chi connectivity index (χ1v) is 8.66. The number of hydrogen-bond donors (Lipinski definition) is 2. The van der Waals surface area contributed by atoms with E-state index in [4.69, 9.17) is 4.74 Å². The fourth-order valence-electron chi connectivity index (χ4n) is 3.91. The molecule has 2 aliphatic carbocycles. The van der Waals surface area contributed by atoms with Crippen LogP contribution in [-0.4, -0.2) is 24.3 Å². The number of amides is 1. The number of fused-ring (bicyclic) bond motifs is 1. The van der Waals surface area contributed by atoms with E-state index in [1.807, 2.05) is 0 Å². The van der Waals surface area contributed by atoms with Gasteiger partial charge in [0, 0.05) is 5.92 Å². The van der Waals surface area contributed by atoms with Gasteiger partial charge in [-0.05, 0) is 57.8 Å². The largest absolute Gasteiger partial charge is 0.503 e. The van der Waals surface area contributed by atoms with Crippen LogP contribution in [0, 0.1) is 17.3 Å². The Morgan fingerprint density at radius 3 is 2.96 bits per heavy atom. The molecule has 2 saturated carbocycles. The Morgan fingerprint density at radius 2 is 2.30 bits per heavy atom. The number of aromatic hydroxyl groups is 1. The van der Waals surface area contributed by atoms with Crippen LogP contribution in [0.2, 0.25) is 0 Å². The Hall–Kier alpha value is -1.56.